The molecule has 0 N–H and O–H groups in total. The van der Waals surface area contributed by atoms with E-state index in [0.29, 0.717) is 5.92 Å². The Balaban J connectivity index is 1.99. The summed E-state index contributed by atoms with van der Waals surface area (Å²) in [5.74, 6) is 2.50. The Kier molecular flexibility index (Phi) is 2.94. The van der Waals surface area contributed by atoms with E-state index >= 15 is 0 Å². The second-order valence-corrected chi connectivity index (χ2v) is 5.61. The van der Waals surface area contributed by atoms with Crippen LogP contribution in [0.1, 0.15) is 38.3 Å². The molecule has 0 saturated heterocycles. The van der Waals surface area contributed by atoms with E-state index in [9.17, 15) is 0 Å². The van der Waals surface area contributed by atoms with Crippen LogP contribution in [0.2, 0.25) is 0 Å². The van der Waals surface area contributed by atoms with Gasteiger partial charge in [0.25, 0.3) is 0 Å². The monoisotopic (exact) mass is 240 g/mol. The molecule has 1 aliphatic rings. The van der Waals surface area contributed by atoms with Crippen molar-refractivity contribution in [3.05, 3.63) is 42.2 Å². The van der Waals surface area contributed by atoms with Crippen LogP contribution in [0.3, 0.4) is 0 Å². The third-order valence-electron chi connectivity index (χ3n) is 3.57. The molecule has 1 aromatic carbocycles. The fraction of sp³-hybridized carbons (Fsp3) is 0.438. The van der Waals surface area contributed by atoms with Crippen molar-refractivity contribution in [1.29, 1.82) is 0 Å². The van der Waals surface area contributed by atoms with Gasteiger partial charge in [0.2, 0.25) is 0 Å². The zero-order chi connectivity index (χ0) is 12.5. The lowest BCUT2D eigenvalue weighted by Crippen LogP contribution is -2.00. The molecule has 0 unspecified atom stereocenters. The van der Waals surface area contributed by atoms with Gasteiger partial charge in [-0.15, -0.1) is 0 Å². The summed E-state index contributed by atoms with van der Waals surface area (Å²) in [6, 6.07) is 10.5. The number of benzene rings is 1. The molecule has 18 heavy (non-hydrogen) atoms. The highest BCUT2D eigenvalue weighted by atomic mass is 15.1. The summed E-state index contributed by atoms with van der Waals surface area (Å²) in [7, 11) is 0. The van der Waals surface area contributed by atoms with Crippen LogP contribution in [0.25, 0.3) is 11.4 Å². The summed E-state index contributed by atoms with van der Waals surface area (Å²) >= 11 is 0. The molecule has 2 nitrogen and oxygen atoms in total. The highest BCUT2D eigenvalue weighted by Crippen LogP contribution is 2.33. The SMILES string of the molecule is CC(C)c1cn(CC2CC2)c(-c2ccccc2)n1. The summed E-state index contributed by atoms with van der Waals surface area (Å²) in [5, 5.41) is 0. The Morgan fingerprint density at radius 1 is 1.22 bits per heavy atom. The van der Waals surface area contributed by atoms with Crippen LogP contribution >= 0.6 is 0 Å². The summed E-state index contributed by atoms with van der Waals surface area (Å²) in [6.45, 7) is 5.54. The average Bonchev–Trinajstić information content (AvgIpc) is 3.07. The van der Waals surface area contributed by atoms with Gasteiger partial charge in [-0.2, -0.15) is 0 Å². The molecule has 1 aromatic heterocycles. The van der Waals surface area contributed by atoms with Crippen LogP contribution in [0.4, 0.5) is 0 Å². The van der Waals surface area contributed by atoms with Crippen molar-refractivity contribution in [3.8, 4) is 11.4 Å². The number of nitrogens with zero attached hydrogens (tertiary/aromatic N) is 2. The highest BCUT2D eigenvalue weighted by Gasteiger charge is 2.23. The Bertz CT molecular complexity index is 521. The zero-order valence-electron chi connectivity index (χ0n) is 11.1. The predicted molar refractivity (Wildman–Crippen MR) is 74.5 cm³/mol. The topological polar surface area (TPSA) is 17.8 Å². The van der Waals surface area contributed by atoms with E-state index in [1.165, 1.54) is 24.1 Å². The van der Waals surface area contributed by atoms with Crippen LogP contribution < -0.4 is 0 Å². The van der Waals surface area contributed by atoms with E-state index in [4.69, 9.17) is 4.98 Å². The third-order valence-corrected chi connectivity index (χ3v) is 3.57. The standard InChI is InChI=1S/C16H20N2/c1-12(2)15-11-18(10-13-8-9-13)16(17-15)14-6-4-3-5-7-14/h3-7,11-13H,8-10H2,1-2H3. The Morgan fingerprint density at radius 2 is 1.94 bits per heavy atom. The van der Waals surface area contributed by atoms with Crippen LogP contribution in [0.5, 0.6) is 0 Å². The molecule has 2 heteroatoms. The van der Waals surface area contributed by atoms with Gasteiger partial charge < -0.3 is 4.57 Å². The Hall–Kier alpha value is -1.57. The smallest absolute Gasteiger partial charge is 0.140 e. The summed E-state index contributed by atoms with van der Waals surface area (Å²) < 4.78 is 2.35. The Morgan fingerprint density at radius 3 is 2.56 bits per heavy atom. The number of hydrogen-bond acceptors (Lipinski definition) is 1. The number of aromatic nitrogens is 2. The van der Waals surface area contributed by atoms with Crippen molar-refractivity contribution in [2.75, 3.05) is 0 Å². The lowest BCUT2D eigenvalue weighted by molar-refractivity contribution is 0.631. The minimum absolute atomic E-state index is 0.493. The van der Waals surface area contributed by atoms with E-state index in [0.717, 1.165) is 18.3 Å². The van der Waals surface area contributed by atoms with E-state index in [-0.39, 0.29) is 0 Å². The lowest BCUT2D eigenvalue weighted by Gasteiger charge is -2.06. The lowest BCUT2D eigenvalue weighted by atomic mass is 10.1. The molecule has 0 atom stereocenters. The maximum atomic E-state index is 4.82. The molecule has 1 aliphatic carbocycles. The molecule has 0 amide bonds. The van der Waals surface area contributed by atoms with Gasteiger partial charge in [-0.1, -0.05) is 44.2 Å². The molecule has 0 spiro atoms. The molecule has 3 rings (SSSR count). The van der Waals surface area contributed by atoms with E-state index in [1.807, 2.05) is 0 Å². The summed E-state index contributed by atoms with van der Waals surface area (Å²) in [6.07, 6.45) is 5.00. The molecule has 94 valence electrons. The van der Waals surface area contributed by atoms with Crippen molar-refractivity contribution in [2.24, 2.45) is 5.92 Å². The molecule has 1 heterocycles. The molecule has 1 saturated carbocycles. The molecule has 0 bridgehead atoms. The van der Waals surface area contributed by atoms with Crippen LogP contribution in [-0.2, 0) is 6.54 Å². The molecular formula is C16H20N2. The molecule has 0 radical (unpaired) electrons. The maximum Gasteiger partial charge on any atom is 0.140 e. The minimum atomic E-state index is 0.493. The van der Waals surface area contributed by atoms with E-state index in [1.54, 1.807) is 0 Å². The fourth-order valence-corrected chi connectivity index (χ4v) is 2.25. The van der Waals surface area contributed by atoms with Gasteiger partial charge in [0, 0.05) is 18.3 Å². The van der Waals surface area contributed by atoms with Gasteiger partial charge in [-0.05, 0) is 24.7 Å². The van der Waals surface area contributed by atoms with Gasteiger partial charge in [0.1, 0.15) is 5.82 Å². The normalized spacial score (nSPS) is 15.3. The second kappa shape index (κ2) is 4.60. The first-order valence-corrected chi connectivity index (χ1v) is 6.86. The molecule has 0 aliphatic heterocycles. The number of imidazole rings is 1. The van der Waals surface area contributed by atoms with Crippen LogP contribution in [0, 0.1) is 5.92 Å². The van der Waals surface area contributed by atoms with Gasteiger partial charge in [-0.3, -0.25) is 0 Å². The first-order valence-electron chi connectivity index (χ1n) is 6.86. The van der Waals surface area contributed by atoms with Gasteiger partial charge in [0.05, 0.1) is 5.69 Å². The van der Waals surface area contributed by atoms with E-state index < -0.39 is 0 Å². The summed E-state index contributed by atoms with van der Waals surface area (Å²) in [4.78, 5) is 4.82. The molecule has 1 fully saturated rings. The summed E-state index contributed by atoms with van der Waals surface area (Å²) in [5.41, 5.74) is 2.43. The maximum absolute atomic E-state index is 4.82. The van der Waals surface area contributed by atoms with Gasteiger partial charge in [-0.25, -0.2) is 4.98 Å². The van der Waals surface area contributed by atoms with Crippen molar-refractivity contribution in [1.82, 2.24) is 9.55 Å². The van der Waals surface area contributed by atoms with E-state index in [2.05, 4.69) is 54.9 Å². The van der Waals surface area contributed by atoms with Crippen molar-refractivity contribution < 1.29 is 0 Å². The predicted octanol–water partition coefficient (Wildman–Crippen LogP) is 4.08. The number of rotatable bonds is 4. The first kappa shape index (κ1) is 11.5. The van der Waals surface area contributed by atoms with Crippen molar-refractivity contribution in [3.63, 3.8) is 0 Å². The minimum Gasteiger partial charge on any atom is -0.330 e. The van der Waals surface area contributed by atoms with Crippen LogP contribution in [0.15, 0.2) is 36.5 Å². The highest BCUT2D eigenvalue weighted by molar-refractivity contribution is 5.56. The third kappa shape index (κ3) is 2.33. The van der Waals surface area contributed by atoms with Crippen molar-refractivity contribution >= 4 is 0 Å². The zero-order valence-corrected chi connectivity index (χ0v) is 11.1. The quantitative estimate of drug-likeness (QED) is 0.787. The van der Waals surface area contributed by atoms with Crippen LogP contribution in [-0.4, -0.2) is 9.55 Å². The largest absolute Gasteiger partial charge is 0.330 e. The first-order chi connectivity index (χ1) is 8.74. The Labute approximate surface area is 109 Å². The van der Waals surface area contributed by atoms with Gasteiger partial charge >= 0.3 is 0 Å². The second-order valence-electron chi connectivity index (χ2n) is 5.61. The number of hydrogen-bond donors (Lipinski definition) is 0. The van der Waals surface area contributed by atoms with Gasteiger partial charge in [0.15, 0.2) is 0 Å². The van der Waals surface area contributed by atoms with Crippen molar-refractivity contribution in [2.45, 2.75) is 39.2 Å². The average molecular weight is 240 g/mol. The molecule has 2 aromatic rings. The molecular weight excluding hydrogens is 220 g/mol. The fourth-order valence-electron chi connectivity index (χ4n) is 2.25.